The minimum Gasteiger partial charge on any atom is -0.451 e. The van der Waals surface area contributed by atoms with Crippen molar-refractivity contribution in [3.8, 4) is 11.5 Å². The van der Waals surface area contributed by atoms with Crippen molar-refractivity contribution in [1.82, 2.24) is 29.4 Å². The highest BCUT2D eigenvalue weighted by Crippen LogP contribution is 2.45. The number of carbonyl (C=O) groups excluding carboxylic acids is 2. The standard InChI is InChI=1S/C41H56FN7O6S/c1-28(2)49(29(3)4)38(50)34-21-31(42)12-15-35(34)54-36-22-43-27-44-37(36)47-25-41(26-47)16-19-46(20-17-41)23-30-10-13-33(14-11-30)56(52,53)48-18-8-9-32(24-48)45-39(51)55-40(5,6)7/h10-15,21-22,27-29,32H,8-9,16-20,23-26H2,1-7H3,(H,45,51)/t32-/m1/s1. The fourth-order valence-corrected chi connectivity index (χ4v) is 9.57. The Morgan fingerprint density at radius 2 is 1.68 bits per heavy atom. The Hall–Kier alpha value is -4.34. The van der Waals surface area contributed by atoms with Crippen molar-refractivity contribution in [2.24, 2.45) is 5.41 Å². The first-order valence-corrected chi connectivity index (χ1v) is 21.0. The van der Waals surface area contributed by atoms with E-state index in [1.807, 2.05) is 39.8 Å². The highest BCUT2D eigenvalue weighted by atomic mass is 32.2. The van der Waals surface area contributed by atoms with Gasteiger partial charge in [0.1, 0.15) is 23.5 Å². The van der Waals surface area contributed by atoms with E-state index in [2.05, 4.69) is 25.1 Å². The largest absolute Gasteiger partial charge is 0.451 e. The zero-order valence-electron chi connectivity index (χ0n) is 33.6. The van der Waals surface area contributed by atoms with Gasteiger partial charge in [-0.25, -0.2) is 27.6 Å². The predicted molar refractivity (Wildman–Crippen MR) is 212 cm³/mol. The number of ether oxygens (including phenoxy) is 2. The lowest BCUT2D eigenvalue weighted by Gasteiger charge is -2.54. The monoisotopic (exact) mass is 793 g/mol. The average molecular weight is 794 g/mol. The van der Waals surface area contributed by atoms with Gasteiger partial charge >= 0.3 is 6.09 Å². The van der Waals surface area contributed by atoms with Crippen LogP contribution in [0.25, 0.3) is 0 Å². The van der Waals surface area contributed by atoms with E-state index < -0.39 is 27.5 Å². The quantitative estimate of drug-likeness (QED) is 0.231. The summed E-state index contributed by atoms with van der Waals surface area (Å²) in [7, 11) is -3.72. The van der Waals surface area contributed by atoms with Gasteiger partial charge in [-0.3, -0.25) is 9.69 Å². The molecule has 3 aliphatic rings. The van der Waals surface area contributed by atoms with Gasteiger partial charge in [-0.2, -0.15) is 4.31 Å². The molecule has 0 aliphatic carbocycles. The number of piperidine rings is 2. The molecule has 3 aromatic rings. The molecule has 1 N–H and O–H groups in total. The summed E-state index contributed by atoms with van der Waals surface area (Å²) < 4.78 is 54.6. The van der Waals surface area contributed by atoms with E-state index in [0.29, 0.717) is 31.0 Å². The van der Waals surface area contributed by atoms with E-state index in [1.54, 1.807) is 44.0 Å². The molecule has 2 amide bonds. The van der Waals surface area contributed by atoms with Crippen LogP contribution in [0.3, 0.4) is 0 Å². The SMILES string of the molecule is CC(C)N(C(=O)c1cc(F)ccc1Oc1cncnc1N1CC2(CCN(Cc3ccc(S(=O)(=O)N4CCC[C@@H](NC(=O)OC(C)(C)C)C4)cc3)CC2)C1)C(C)C. The van der Waals surface area contributed by atoms with Gasteiger partial charge in [0.05, 0.1) is 16.7 Å². The highest BCUT2D eigenvalue weighted by molar-refractivity contribution is 7.89. The number of sulfonamides is 1. The molecule has 6 rings (SSSR count). The third kappa shape index (κ3) is 9.60. The number of halogens is 1. The molecular weight excluding hydrogens is 738 g/mol. The Bertz CT molecular complexity index is 1960. The van der Waals surface area contributed by atoms with Crippen LogP contribution in [-0.4, -0.2) is 107 Å². The fourth-order valence-electron chi connectivity index (χ4n) is 8.04. The molecule has 56 heavy (non-hydrogen) atoms. The molecule has 2 aromatic carbocycles. The van der Waals surface area contributed by atoms with Gasteiger partial charge in [-0.15, -0.1) is 0 Å². The summed E-state index contributed by atoms with van der Waals surface area (Å²) >= 11 is 0. The van der Waals surface area contributed by atoms with Crippen LogP contribution in [0.2, 0.25) is 0 Å². The van der Waals surface area contributed by atoms with Crippen LogP contribution < -0.4 is 15.0 Å². The van der Waals surface area contributed by atoms with Crippen LogP contribution in [-0.2, 0) is 21.3 Å². The minimum atomic E-state index is -3.72. The second kappa shape index (κ2) is 16.6. The van der Waals surface area contributed by atoms with Gasteiger partial charge in [-0.05, 0) is 123 Å². The van der Waals surface area contributed by atoms with Crippen molar-refractivity contribution in [2.75, 3.05) is 44.2 Å². The number of hydrogen-bond acceptors (Lipinski definition) is 10. The number of anilines is 1. The third-order valence-electron chi connectivity index (χ3n) is 10.7. The Balaban J connectivity index is 1.02. The summed E-state index contributed by atoms with van der Waals surface area (Å²) in [6.45, 7) is 17.8. The lowest BCUT2D eigenvalue weighted by Crippen LogP contribution is -2.60. The first kappa shape index (κ1) is 41.3. The third-order valence-corrected chi connectivity index (χ3v) is 12.6. The minimum absolute atomic E-state index is 0.0842. The van der Waals surface area contributed by atoms with Gasteiger partial charge in [0.15, 0.2) is 11.6 Å². The summed E-state index contributed by atoms with van der Waals surface area (Å²) in [5.41, 5.74) is 0.695. The summed E-state index contributed by atoms with van der Waals surface area (Å²) in [5, 5.41) is 2.83. The van der Waals surface area contributed by atoms with Crippen LogP contribution in [0.1, 0.15) is 90.1 Å². The first-order valence-electron chi connectivity index (χ1n) is 19.6. The molecule has 0 unspecified atom stereocenters. The first-order chi connectivity index (χ1) is 26.4. The second-order valence-corrected chi connectivity index (χ2v) is 18.9. The molecule has 0 saturated carbocycles. The molecule has 304 valence electrons. The number of nitrogens with zero attached hydrogens (tertiary/aromatic N) is 6. The lowest BCUT2D eigenvalue weighted by molar-refractivity contribution is 0.0486. The molecule has 13 nitrogen and oxygen atoms in total. The van der Waals surface area contributed by atoms with Crippen LogP contribution in [0, 0.1) is 11.2 Å². The molecule has 0 bridgehead atoms. The van der Waals surface area contributed by atoms with Gasteiger partial charge in [0, 0.05) is 56.3 Å². The normalized spacial score (nSPS) is 19.2. The number of likely N-dealkylation sites (tertiary alicyclic amines) is 1. The summed E-state index contributed by atoms with van der Waals surface area (Å²) in [5.74, 6) is 0.469. The van der Waals surface area contributed by atoms with Crippen molar-refractivity contribution < 1.29 is 31.9 Å². The van der Waals surface area contributed by atoms with Crippen molar-refractivity contribution in [1.29, 1.82) is 0 Å². The zero-order chi connectivity index (χ0) is 40.4. The van der Waals surface area contributed by atoms with Gasteiger partial charge in [0.2, 0.25) is 10.0 Å². The maximum absolute atomic E-state index is 14.4. The van der Waals surface area contributed by atoms with E-state index in [-0.39, 0.29) is 52.2 Å². The summed E-state index contributed by atoms with van der Waals surface area (Å²) in [6.07, 6.45) is 5.86. The number of amides is 2. The number of benzene rings is 2. The zero-order valence-corrected chi connectivity index (χ0v) is 34.4. The smallest absolute Gasteiger partial charge is 0.407 e. The number of carbonyl (C=O) groups is 2. The molecule has 3 aliphatic heterocycles. The number of rotatable bonds is 11. The molecule has 1 spiro atoms. The molecule has 0 radical (unpaired) electrons. The Kier molecular flexibility index (Phi) is 12.3. The molecular formula is C41H56FN7O6S. The lowest BCUT2D eigenvalue weighted by atomic mass is 9.72. The van der Waals surface area contributed by atoms with Crippen LogP contribution >= 0.6 is 0 Å². The van der Waals surface area contributed by atoms with Gasteiger partial charge in [0.25, 0.3) is 5.91 Å². The van der Waals surface area contributed by atoms with Crippen LogP contribution in [0.15, 0.2) is 59.9 Å². The Morgan fingerprint density at radius 3 is 2.32 bits per heavy atom. The van der Waals surface area contributed by atoms with E-state index >= 15 is 0 Å². The number of hydrogen-bond donors (Lipinski definition) is 1. The fraction of sp³-hybridized carbons (Fsp3) is 0.561. The van der Waals surface area contributed by atoms with Gasteiger partial charge < -0.3 is 24.6 Å². The number of nitrogens with one attached hydrogen (secondary N) is 1. The van der Waals surface area contributed by atoms with E-state index in [1.165, 1.54) is 28.8 Å². The van der Waals surface area contributed by atoms with Crippen LogP contribution in [0.5, 0.6) is 11.5 Å². The molecule has 3 saturated heterocycles. The van der Waals surface area contributed by atoms with E-state index in [9.17, 15) is 22.4 Å². The van der Waals surface area contributed by atoms with Crippen molar-refractivity contribution in [3.05, 3.63) is 71.9 Å². The van der Waals surface area contributed by atoms with Gasteiger partial charge in [-0.1, -0.05) is 12.1 Å². The predicted octanol–water partition coefficient (Wildman–Crippen LogP) is 6.45. The highest BCUT2D eigenvalue weighted by Gasteiger charge is 2.46. The second-order valence-electron chi connectivity index (χ2n) is 17.0. The van der Waals surface area contributed by atoms with Crippen molar-refractivity contribution in [2.45, 2.75) is 109 Å². The molecule has 4 heterocycles. The molecule has 3 fully saturated rings. The van der Waals surface area contributed by atoms with E-state index in [4.69, 9.17) is 9.47 Å². The van der Waals surface area contributed by atoms with Crippen molar-refractivity contribution in [3.63, 3.8) is 0 Å². The molecule has 1 aromatic heterocycles. The average Bonchev–Trinajstić information content (AvgIpc) is 3.11. The summed E-state index contributed by atoms with van der Waals surface area (Å²) in [4.78, 5) is 41.2. The topological polar surface area (TPSA) is 138 Å². The maximum atomic E-state index is 14.4. The molecule has 15 heteroatoms. The molecule has 1 atom stereocenters. The van der Waals surface area contributed by atoms with Crippen molar-refractivity contribution >= 4 is 27.8 Å². The van der Waals surface area contributed by atoms with E-state index in [0.717, 1.165) is 51.1 Å². The number of alkyl carbamates (subject to hydrolysis) is 1. The maximum Gasteiger partial charge on any atom is 0.407 e. The summed E-state index contributed by atoms with van der Waals surface area (Å²) in [6, 6.07) is 10.7. The Morgan fingerprint density at radius 1 is 1.00 bits per heavy atom. The van der Waals surface area contributed by atoms with Crippen LogP contribution in [0.4, 0.5) is 15.0 Å². The number of aromatic nitrogens is 2. The Labute approximate surface area is 330 Å².